The van der Waals surface area contributed by atoms with Crippen molar-refractivity contribution in [2.24, 2.45) is 5.41 Å². The molecule has 0 aliphatic heterocycles. The van der Waals surface area contributed by atoms with Crippen LogP contribution in [0.3, 0.4) is 0 Å². The van der Waals surface area contributed by atoms with Crippen molar-refractivity contribution in [3.05, 3.63) is 35.4 Å². The molecule has 0 radical (unpaired) electrons. The minimum absolute atomic E-state index is 0.209. The van der Waals surface area contributed by atoms with Crippen LogP contribution in [-0.4, -0.2) is 0 Å². The van der Waals surface area contributed by atoms with Gasteiger partial charge in [0.05, 0.1) is 11.5 Å². The van der Waals surface area contributed by atoms with Crippen LogP contribution in [0.5, 0.6) is 0 Å². The molecule has 0 N–H and O–H groups in total. The molecule has 1 saturated carbocycles. The van der Waals surface area contributed by atoms with Crippen LogP contribution in [0.4, 0.5) is 0 Å². The van der Waals surface area contributed by atoms with Crippen LogP contribution in [-0.2, 0) is 5.41 Å². The average molecular weight is 227 g/mol. The van der Waals surface area contributed by atoms with E-state index >= 15 is 0 Å². The minimum Gasteiger partial charge on any atom is -0.197 e. The van der Waals surface area contributed by atoms with E-state index in [0.29, 0.717) is 5.41 Å². The molecular weight excluding hydrogens is 206 g/mol. The van der Waals surface area contributed by atoms with Crippen LogP contribution >= 0.6 is 0 Å². The lowest BCUT2D eigenvalue weighted by Crippen LogP contribution is -2.48. The lowest BCUT2D eigenvalue weighted by Gasteiger charge is -2.53. The van der Waals surface area contributed by atoms with Crippen molar-refractivity contribution in [2.45, 2.75) is 51.9 Å². The molecule has 1 aliphatic carbocycles. The van der Waals surface area contributed by atoms with Crippen LogP contribution in [0.25, 0.3) is 0 Å². The third-order valence-electron chi connectivity index (χ3n) is 4.67. The summed E-state index contributed by atoms with van der Waals surface area (Å²) in [6, 6.07) is 11.1. The maximum absolute atomic E-state index is 9.53. The molecule has 1 aromatic rings. The molecule has 0 spiro atoms. The number of rotatable bonds is 3. The summed E-state index contributed by atoms with van der Waals surface area (Å²) in [5, 5.41) is 9.53. The fourth-order valence-corrected chi connectivity index (χ4v) is 3.20. The van der Waals surface area contributed by atoms with Crippen LogP contribution in [0.15, 0.2) is 24.3 Å². The largest absolute Gasteiger partial charge is 0.197 e. The van der Waals surface area contributed by atoms with Gasteiger partial charge >= 0.3 is 0 Å². The van der Waals surface area contributed by atoms with Gasteiger partial charge in [0.2, 0.25) is 0 Å². The molecule has 0 saturated heterocycles. The maximum Gasteiger partial charge on any atom is 0.0833 e. The van der Waals surface area contributed by atoms with Crippen molar-refractivity contribution in [3.63, 3.8) is 0 Å². The van der Waals surface area contributed by atoms with E-state index in [1.54, 1.807) is 0 Å². The van der Waals surface area contributed by atoms with Gasteiger partial charge in [0.25, 0.3) is 0 Å². The number of nitriles is 1. The Morgan fingerprint density at radius 2 is 1.65 bits per heavy atom. The second-order valence-corrected chi connectivity index (χ2v) is 5.62. The van der Waals surface area contributed by atoms with Gasteiger partial charge in [-0.15, -0.1) is 0 Å². The Labute approximate surface area is 104 Å². The zero-order valence-corrected chi connectivity index (χ0v) is 11.1. The Balaban J connectivity index is 2.26. The highest BCUT2D eigenvalue weighted by Crippen LogP contribution is 2.58. The second kappa shape index (κ2) is 4.18. The summed E-state index contributed by atoms with van der Waals surface area (Å²) >= 11 is 0. The van der Waals surface area contributed by atoms with Gasteiger partial charge in [0.1, 0.15) is 0 Å². The average Bonchev–Trinajstić information content (AvgIpc) is 2.32. The standard InChI is InChI=1S/C16H21N/c1-4-15(5-2)10-16(11-15,12-17)14-8-6-13(3)7-9-14/h6-9H,4-5,10-11H2,1-3H3. The third kappa shape index (κ3) is 1.86. The molecule has 17 heavy (non-hydrogen) atoms. The van der Waals surface area contributed by atoms with Crippen molar-refractivity contribution in [1.82, 2.24) is 0 Å². The number of aryl methyl sites for hydroxylation is 1. The van der Waals surface area contributed by atoms with E-state index in [4.69, 9.17) is 0 Å². The molecule has 90 valence electrons. The normalized spacial score (nSPS) is 20.4. The first kappa shape index (κ1) is 12.2. The summed E-state index contributed by atoms with van der Waals surface area (Å²) < 4.78 is 0. The van der Waals surface area contributed by atoms with E-state index < -0.39 is 0 Å². The van der Waals surface area contributed by atoms with Crippen LogP contribution in [0.1, 0.15) is 50.7 Å². The summed E-state index contributed by atoms with van der Waals surface area (Å²) in [6.07, 6.45) is 4.46. The summed E-state index contributed by atoms with van der Waals surface area (Å²) in [6.45, 7) is 6.59. The van der Waals surface area contributed by atoms with Crippen molar-refractivity contribution < 1.29 is 0 Å². The van der Waals surface area contributed by atoms with Gasteiger partial charge in [-0.2, -0.15) is 5.26 Å². The molecule has 1 nitrogen and oxygen atoms in total. The smallest absolute Gasteiger partial charge is 0.0833 e. The van der Waals surface area contributed by atoms with E-state index in [9.17, 15) is 5.26 Å². The Morgan fingerprint density at radius 3 is 2.06 bits per heavy atom. The molecule has 0 atom stereocenters. The van der Waals surface area contributed by atoms with Crippen LogP contribution in [0.2, 0.25) is 0 Å². The molecule has 0 aromatic heterocycles. The quantitative estimate of drug-likeness (QED) is 0.752. The first-order valence-electron chi connectivity index (χ1n) is 6.58. The molecular formula is C16H21N. The number of nitrogens with zero attached hydrogens (tertiary/aromatic N) is 1. The Hall–Kier alpha value is -1.29. The zero-order chi connectivity index (χ0) is 12.5. The lowest BCUT2D eigenvalue weighted by atomic mass is 9.49. The molecule has 0 amide bonds. The molecule has 2 rings (SSSR count). The van der Waals surface area contributed by atoms with Crippen LogP contribution < -0.4 is 0 Å². The van der Waals surface area contributed by atoms with E-state index in [-0.39, 0.29) is 5.41 Å². The number of hydrogen-bond acceptors (Lipinski definition) is 1. The Kier molecular flexibility index (Phi) is 3.00. The van der Waals surface area contributed by atoms with Gasteiger partial charge in [-0.3, -0.25) is 0 Å². The topological polar surface area (TPSA) is 23.8 Å². The third-order valence-corrected chi connectivity index (χ3v) is 4.67. The highest BCUT2D eigenvalue weighted by Gasteiger charge is 2.53. The van der Waals surface area contributed by atoms with E-state index in [2.05, 4.69) is 51.1 Å². The zero-order valence-electron chi connectivity index (χ0n) is 11.1. The van der Waals surface area contributed by atoms with Crippen molar-refractivity contribution >= 4 is 0 Å². The molecule has 1 heteroatoms. The van der Waals surface area contributed by atoms with Crippen LogP contribution in [0, 0.1) is 23.7 Å². The van der Waals surface area contributed by atoms with Crippen molar-refractivity contribution in [1.29, 1.82) is 5.26 Å². The molecule has 0 unspecified atom stereocenters. The molecule has 1 fully saturated rings. The van der Waals surface area contributed by atoms with E-state index in [0.717, 1.165) is 12.8 Å². The summed E-state index contributed by atoms with van der Waals surface area (Å²) in [5.41, 5.74) is 2.68. The van der Waals surface area contributed by atoms with Gasteiger partial charge in [-0.1, -0.05) is 56.5 Å². The predicted octanol–water partition coefficient (Wildman–Crippen LogP) is 4.36. The molecule has 1 aromatic carbocycles. The SMILES string of the molecule is CCC1(CC)CC(C#N)(c2ccc(C)cc2)C1. The number of benzene rings is 1. The lowest BCUT2D eigenvalue weighted by molar-refractivity contribution is 0.0480. The maximum atomic E-state index is 9.53. The molecule has 1 aliphatic rings. The van der Waals surface area contributed by atoms with E-state index in [1.807, 2.05) is 0 Å². The van der Waals surface area contributed by atoms with Crippen molar-refractivity contribution in [2.75, 3.05) is 0 Å². The molecule has 0 heterocycles. The van der Waals surface area contributed by atoms with Crippen molar-refractivity contribution in [3.8, 4) is 6.07 Å². The first-order chi connectivity index (χ1) is 8.10. The summed E-state index contributed by atoms with van der Waals surface area (Å²) in [7, 11) is 0. The summed E-state index contributed by atoms with van der Waals surface area (Å²) in [4.78, 5) is 0. The first-order valence-corrected chi connectivity index (χ1v) is 6.58. The molecule has 0 bridgehead atoms. The minimum atomic E-state index is -0.209. The number of hydrogen-bond donors (Lipinski definition) is 0. The fourth-order valence-electron chi connectivity index (χ4n) is 3.20. The van der Waals surface area contributed by atoms with E-state index in [1.165, 1.54) is 24.0 Å². The second-order valence-electron chi connectivity index (χ2n) is 5.62. The van der Waals surface area contributed by atoms with Gasteiger partial charge in [-0.25, -0.2) is 0 Å². The highest BCUT2D eigenvalue weighted by atomic mass is 14.6. The Morgan fingerprint density at radius 1 is 1.12 bits per heavy atom. The highest BCUT2D eigenvalue weighted by molar-refractivity contribution is 5.39. The summed E-state index contributed by atoms with van der Waals surface area (Å²) in [5.74, 6) is 0. The Bertz CT molecular complexity index is 424. The van der Waals surface area contributed by atoms with Gasteiger partial charge in [-0.05, 0) is 30.7 Å². The monoisotopic (exact) mass is 227 g/mol. The predicted molar refractivity (Wildman–Crippen MR) is 70.7 cm³/mol. The fraction of sp³-hybridized carbons (Fsp3) is 0.562. The van der Waals surface area contributed by atoms with Gasteiger partial charge in [0, 0.05) is 0 Å². The van der Waals surface area contributed by atoms with Gasteiger partial charge in [0.15, 0.2) is 0 Å². The van der Waals surface area contributed by atoms with Gasteiger partial charge < -0.3 is 0 Å².